The molecular formula is C49H32N4. The van der Waals surface area contributed by atoms with Crippen molar-refractivity contribution in [3.8, 4) is 5.69 Å². The van der Waals surface area contributed by atoms with Gasteiger partial charge in [-0.1, -0.05) is 116 Å². The van der Waals surface area contributed by atoms with Gasteiger partial charge in [-0.05, 0) is 81.7 Å². The Hall–Kier alpha value is -6.78. The average molecular weight is 677 g/mol. The standard InChI is InChI=1S/C49H32N4/c1-29-42(31-14-4-2-5-15-31)49(51-37-25-24-30-13-8-9-18-33(30)43(29)37)53-39-23-11-20-36-45(39)47-41(53)27-26-40-46(47)44-34(35-21-12-28-50-48(35)36)19-10-22-38(44)52(40)32-16-6-3-7-17-32/h2-29,42H,1H3/t29-,42?/m0/s1. The van der Waals surface area contributed by atoms with Crippen molar-refractivity contribution < 1.29 is 0 Å². The van der Waals surface area contributed by atoms with E-state index in [0.29, 0.717) is 0 Å². The summed E-state index contributed by atoms with van der Waals surface area (Å²) in [5, 5.41) is 11.1. The minimum Gasteiger partial charge on any atom is -0.309 e. The second kappa shape index (κ2) is 10.6. The number of hydrogen-bond acceptors (Lipinski definition) is 2. The van der Waals surface area contributed by atoms with Crippen LogP contribution in [0.1, 0.15) is 29.9 Å². The zero-order chi connectivity index (χ0) is 34.8. The molecule has 0 saturated heterocycles. The van der Waals surface area contributed by atoms with Crippen molar-refractivity contribution in [2.24, 2.45) is 4.99 Å². The third-order valence-corrected chi connectivity index (χ3v) is 11.9. The molecule has 0 N–H and O–H groups in total. The van der Waals surface area contributed by atoms with Gasteiger partial charge < -0.3 is 4.57 Å². The monoisotopic (exact) mass is 676 g/mol. The van der Waals surface area contributed by atoms with Crippen LogP contribution in [-0.4, -0.2) is 20.0 Å². The summed E-state index contributed by atoms with van der Waals surface area (Å²) < 4.78 is 4.93. The van der Waals surface area contributed by atoms with Crippen LogP contribution in [0.5, 0.6) is 0 Å². The zero-order valence-electron chi connectivity index (χ0n) is 29.0. The lowest BCUT2D eigenvalue weighted by Crippen LogP contribution is -2.28. The van der Waals surface area contributed by atoms with Crippen LogP contribution in [0.3, 0.4) is 0 Å². The number of nitrogens with zero attached hydrogens (tertiary/aromatic N) is 4. The van der Waals surface area contributed by atoms with Crippen LogP contribution in [0.15, 0.2) is 169 Å². The summed E-state index contributed by atoms with van der Waals surface area (Å²) >= 11 is 0. The first-order valence-electron chi connectivity index (χ1n) is 18.5. The van der Waals surface area contributed by atoms with E-state index >= 15 is 0 Å². The molecule has 0 aliphatic carbocycles. The van der Waals surface area contributed by atoms with Crippen LogP contribution in [0.25, 0.3) is 81.7 Å². The molecule has 1 unspecified atom stereocenters. The maximum absolute atomic E-state index is 5.71. The van der Waals surface area contributed by atoms with Gasteiger partial charge in [-0.25, -0.2) is 4.99 Å². The third-order valence-electron chi connectivity index (χ3n) is 11.9. The zero-order valence-corrected chi connectivity index (χ0v) is 29.0. The highest BCUT2D eigenvalue weighted by molar-refractivity contribution is 6.39. The second-order valence-electron chi connectivity index (χ2n) is 14.5. The van der Waals surface area contributed by atoms with Crippen LogP contribution >= 0.6 is 0 Å². The highest BCUT2D eigenvalue weighted by Gasteiger charge is 2.36. The van der Waals surface area contributed by atoms with Crippen molar-refractivity contribution in [3.05, 3.63) is 175 Å². The van der Waals surface area contributed by atoms with Gasteiger partial charge in [0, 0.05) is 50.1 Å². The first kappa shape index (κ1) is 28.9. The van der Waals surface area contributed by atoms with Crippen molar-refractivity contribution in [1.82, 2.24) is 14.1 Å². The van der Waals surface area contributed by atoms with Gasteiger partial charge in [0.05, 0.1) is 33.3 Å². The van der Waals surface area contributed by atoms with Gasteiger partial charge in [0.1, 0.15) is 5.84 Å². The molecule has 1 aliphatic heterocycles. The molecule has 1 aliphatic rings. The number of aliphatic imine (C=N–C) groups is 1. The van der Waals surface area contributed by atoms with Gasteiger partial charge in [-0.3, -0.25) is 9.55 Å². The highest BCUT2D eigenvalue weighted by atomic mass is 15.1. The van der Waals surface area contributed by atoms with Gasteiger partial charge in [0.15, 0.2) is 0 Å². The molecule has 53 heavy (non-hydrogen) atoms. The molecule has 2 atom stereocenters. The molecule has 8 aromatic carbocycles. The number of benzene rings is 7. The number of hydrogen-bond donors (Lipinski definition) is 0. The van der Waals surface area contributed by atoms with Gasteiger partial charge in [-0.2, -0.15) is 0 Å². The summed E-state index contributed by atoms with van der Waals surface area (Å²) in [6, 6.07) is 57.4. The minimum absolute atomic E-state index is 0.0180. The molecule has 4 nitrogen and oxygen atoms in total. The van der Waals surface area contributed by atoms with Crippen molar-refractivity contribution >= 4 is 87.6 Å². The fourth-order valence-electron chi connectivity index (χ4n) is 9.79. The summed E-state index contributed by atoms with van der Waals surface area (Å²) in [6.45, 7) is 2.39. The van der Waals surface area contributed by atoms with Gasteiger partial charge in [0.2, 0.25) is 0 Å². The molecule has 0 saturated carbocycles. The van der Waals surface area contributed by atoms with E-state index in [-0.39, 0.29) is 11.8 Å². The summed E-state index contributed by atoms with van der Waals surface area (Å²) in [5.74, 6) is 1.25. The Kier molecular flexibility index (Phi) is 5.79. The van der Waals surface area contributed by atoms with Gasteiger partial charge in [-0.15, -0.1) is 0 Å². The lowest BCUT2D eigenvalue weighted by Gasteiger charge is -2.33. The Labute approximate surface area is 305 Å². The lowest BCUT2D eigenvalue weighted by molar-refractivity contribution is 0.686. The maximum atomic E-state index is 5.71. The Balaban J connectivity index is 1.31. The third kappa shape index (κ3) is 3.79. The number of pyridine rings is 1. The van der Waals surface area contributed by atoms with Gasteiger partial charge in [0.25, 0.3) is 0 Å². The van der Waals surface area contributed by atoms with E-state index in [2.05, 4.69) is 174 Å². The number of aromatic nitrogens is 3. The summed E-state index contributed by atoms with van der Waals surface area (Å²) in [7, 11) is 0. The molecule has 12 rings (SSSR count). The quantitative estimate of drug-likeness (QED) is 0.179. The van der Waals surface area contributed by atoms with Crippen molar-refractivity contribution in [2.45, 2.75) is 18.8 Å². The highest BCUT2D eigenvalue weighted by Crippen LogP contribution is 2.50. The number of para-hydroxylation sites is 1. The molecule has 0 spiro atoms. The maximum Gasteiger partial charge on any atom is 0.122 e. The lowest BCUT2D eigenvalue weighted by atomic mass is 9.77. The second-order valence-corrected chi connectivity index (χ2v) is 14.5. The molecule has 4 heteroatoms. The Bertz CT molecular complexity index is 3300. The predicted molar refractivity (Wildman–Crippen MR) is 222 cm³/mol. The SMILES string of the molecule is C[C@@H]1c2c(ccc3ccccc23)N=C(n2c3cccc4c5ncccc5c5cccc6c5c5c(c43)c2ccc5n6-c2ccccc2)C1c1ccccc1. The summed E-state index contributed by atoms with van der Waals surface area (Å²) in [4.78, 5) is 10.8. The van der Waals surface area contributed by atoms with E-state index in [0.717, 1.165) is 44.5 Å². The van der Waals surface area contributed by atoms with E-state index in [4.69, 9.17) is 9.98 Å². The topological polar surface area (TPSA) is 35.1 Å². The van der Waals surface area contributed by atoms with Crippen molar-refractivity contribution in [2.75, 3.05) is 0 Å². The van der Waals surface area contributed by atoms with Crippen molar-refractivity contribution in [3.63, 3.8) is 0 Å². The molecule has 4 heterocycles. The average Bonchev–Trinajstić information content (AvgIpc) is 3.74. The van der Waals surface area contributed by atoms with E-state index in [9.17, 15) is 0 Å². The van der Waals surface area contributed by atoms with Crippen LogP contribution in [0.2, 0.25) is 0 Å². The molecule has 0 radical (unpaired) electrons. The fraction of sp³-hybridized carbons (Fsp3) is 0.0612. The van der Waals surface area contributed by atoms with Crippen LogP contribution in [0, 0.1) is 0 Å². The normalized spacial score (nSPS) is 16.1. The first-order valence-corrected chi connectivity index (χ1v) is 18.5. The minimum atomic E-state index is 0.0180. The van der Waals surface area contributed by atoms with Gasteiger partial charge >= 0.3 is 0 Å². The van der Waals surface area contributed by atoms with Crippen LogP contribution < -0.4 is 0 Å². The molecular weight excluding hydrogens is 645 g/mol. The smallest absolute Gasteiger partial charge is 0.122 e. The molecule has 0 bridgehead atoms. The Morgan fingerprint density at radius 1 is 0.472 bits per heavy atom. The molecule has 3 aromatic heterocycles. The van der Waals surface area contributed by atoms with Crippen LogP contribution in [0.4, 0.5) is 5.69 Å². The molecule has 0 amide bonds. The van der Waals surface area contributed by atoms with Crippen molar-refractivity contribution in [1.29, 1.82) is 0 Å². The summed E-state index contributed by atoms with van der Waals surface area (Å²) in [5.41, 5.74) is 10.5. The van der Waals surface area contributed by atoms with E-state index in [1.807, 2.05) is 6.20 Å². The number of rotatable bonds is 2. The van der Waals surface area contributed by atoms with E-state index in [1.165, 1.54) is 59.9 Å². The predicted octanol–water partition coefficient (Wildman–Crippen LogP) is 12.7. The fourth-order valence-corrected chi connectivity index (χ4v) is 9.79. The molecule has 0 fully saturated rings. The summed E-state index contributed by atoms with van der Waals surface area (Å²) in [6.07, 6.45) is 1.93. The Morgan fingerprint density at radius 2 is 1.09 bits per heavy atom. The Morgan fingerprint density at radius 3 is 1.91 bits per heavy atom. The first-order chi connectivity index (χ1) is 26.3. The molecule has 11 aromatic rings. The van der Waals surface area contributed by atoms with E-state index in [1.54, 1.807) is 0 Å². The molecule has 248 valence electrons. The number of fused-ring (bicyclic) bond motifs is 6. The van der Waals surface area contributed by atoms with E-state index < -0.39 is 0 Å². The van der Waals surface area contributed by atoms with Crippen LogP contribution in [-0.2, 0) is 0 Å². The largest absolute Gasteiger partial charge is 0.309 e.